The van der Waals surface area contributed by atoms with E-state index in [1.807, 2.05) is 13.8 Å². The smallest absolute Gasteiger partial charge is 0.416 e. The van der Waals surface area contributed by atoms with E-state index in [4.69, 9.17) is 14.6 Å². The highest BCUT2D eigenvalue weighted by molar-refractivity contribution is 5.71. The number of rotatable bonds is 7. The molecule has 1 aromatic carbocycles. The van der Waals surface area contributed by atoms with Gasteiger partial charge < -0.3 is 14.6 Å². The molecule has 8 nitrogen and oxygen atoms in total. The Labute approximate surface area is 206 Å². The lowest BCUT2D eigenvalue weighted by atomic mass is 9.93. The molecule has 0 radical (unpaired) electrons. The van der Waals surface area contributed by atoms with Crippen molar-refractivity contribution >= 4 is 5.97 Å². The number of esters is 1. The van der Waals surface area contributed by atoms with Crippen molar-refractivity contribution in [3.8, 4) is 23.1 Å². The van der Waals surface area contributed by atoms with Crippen LogP contribution in [0.25, 0.3) is 17.1 Å². The molecule has 0 aliphatic carbocycles. The first-order chi connectivity index (χ1) is 17.1. The number of benzene rings is 1. The van der Waals surface area contributed by atoms with Crippen LogP contribution in [0.3, 0.4) is 0 Å². The lowest BCUT2D eigenvalue weighted by Crippen LogP contribution is -2.32. The molecule has 11 heteroatoms. The van der Waals surface area contributed by atoms with Gasteiger partial charge in [0.2, 0.25) is 0 Å². The van der Waals surface area contributed by atoms with Crippen LogP contribution in [0.4, 0.5) is 13.2 Å². The Morgan fingerprint density at radius 2 is 2.06 bits per heavy atom. The first kappa shape index (κ1) is 25.6. The SMILES string of the molecule is COc1nccc(-n2nc(C(C)C)c(CC[C@@H]3C[C@@H](O)CC(=O)O3)c2-c2cccc(C(F)(F)F)c2)n1. The molecule has 1 fully saturated rings. The quantitative estimate of drug-likeness (QED) is 0.474. The molecule has 192 valence electrons. The Kier molecular flexibility index (Phi) is 7.30. The lowest BCUT2D eigenvalue weighted by Gasteiger charge is -2.26. The van der Waals surface area contributed by atoms with Crippen LogP contribution >= 0.6 is 0 Å². The van der Waals surface area contributed by atoms with Gasteiger partial charge in [-0.1, -0.05) is 26.0 Å². The van der Waals surface area contributed by atoms with E-state index >= 15 is 0 Å². The second-order valence-electron chi connectivity index (χ2n) is 9.00. The molecule has 3 aromatic rings. The number of halogens is 3. The number of alkyl halides is 3. The van der Waals surface area contributed by atoms with Crippen LogP contribution in [-0.4, -0.2) is 50.1 Å². The number of aromatic nitrogens is 4. The van der Waals surface area contributed by atoms with Gasteiger partial charge >= 0.3 is 18.2 Å². The molecule has 4 rings (SSSR count). The molecule has 0 spiro atoms. The monoisotopic (exact) mass is 504 g/mol. The molecule has 1 aliphatic rings. The van der Waals surface area contributed by atoms with Crippen LogP contribution < -0.4 is 4.74 Å². The molecule has 0 amide bonds. The minimum Gasteiger partial charge on any atom is -0.467 e. The highest BCUT2D eigenvalue weighted by Crippen LogP contribution is 2.37. The summed E-state index contributed by atoms with van der Waals surface area (Å²) in [4.78, 5) is 20.2. The molecule has 0 unspecified atom stereocenters. The zero-order valence-corrected chi connectivity index (χ0v) is 20.1. The zero-order valence-electron chi connectivity index (χ0n) is 20.1. The average Bonchev–Trinajstić information content (AvgIpc) is 3.21. The van der Waals surface area contributed by atoms with Gasteiger partial charge in [0, 0.05) is 29.8 Å². The number of hydrogen-bond donors (Lipinski definition) is 1. The summed E-state index contributed by atoms with van der Waals surface area (Å²) in [6.07, 6.45) is -3.31. The summed E-state index contributed by atoms with van der Waals surface area (Å²) >= 11 is 0. The van der Waals surface area contributed by atoms with E-state index in [1.54, 1.807) is 12.1 Å². The summed E-state index contributed by atoms with van der Waals surface area (Å²) in [5, 5.41) is 14.7. The average molecular weight is 505 g/mol. The fourth-order valence-electron chi connectivity index (χ4n) is 4.37. The van der Waals surface area contributed by atoms with Crippen LogP contribution in [0.1, 0.15) is 55.8 Å². The number of aliphatic hydroxyl groups is 1. The number of carbonyl (C=O) groups is 1. The summed E-state index contributed by atoms with van der Waals surface area (Å²) in [5.41, 5.74) is 1.39. The normalized spacial score (nSPS) is 18.4. The van der Waals surface area contributed by atoms with Crippen LogP contribution in [0.2, 0.25) is 0 Å². The van der Waals surface area contributed by atoms with Crippen molar-refractivity contribution in [3.63, 3.8) is 0 Å². The molecule has 3 heterocycles. The number of ether oxygens (including phenoxy) is 2. The zero-order chi connectivity index (χ0) is 26.0. The van der Waals surface area contributed by atoms with Gasteiger partial charge in [-0.3, -0.25) is 4.79 Å². The molecule has 0 saturated carbocycles. The topological polar surface area (TPSA) is 99.4 Å². The van der Waals surface area contributed by atoms with E-state index in [-0.39, 0.29) is 18.3 Å². The van der Waals surface area contributed by atoms with Crippen molar-refractivity contribution in [1.82, 2.24) is 19.7 Å². The van der Waals surface area contributed by atoms with Crippen LogP contribution in [-0.2, 0) is 22.1 Å². The van der Waals surface area contributed by atoms with Gasteiger partial charge in [-0.15, -0.1) is 0 Å². The summed E-state index contributed by atoms with van der Waals surface area (Å²) in [7, 11) is 1.42. The van der Waals surface area contributed by atoms with Crippen molar-refractivity contribution in [2.24, 2.45) is 0 Å². The molecule has 1 aliphatic heterocycles. The Bertz CT molecular complexity index is 1240. The van der Waals surface area contributed by atoms with Gasteiger partial charge in [-0.05, 0) is 30.9 Å². The van der Waals surface area contributed by atoms with Gasteiger partial charge in [0.05, 0.1) is 36.6 Å². The standard InChI is InChI=1S/C25H27F3N4O4/c1-14(2)22-19(8-7-18-12-17(33)13-21(34)36-18)23(15-5-4-6-16(11-15)25(26,27)28)32(31-22)20-9-10-29-24(30-20)35-3/h4-6,9-11,14,17-18,33H,7-8,12-13H2,1-3H3/t17-,18-/m1/s1. The van der Waals surface area contributed by atoms with E-state index in [0.717, 1.165) is 17.7 Å². The third kappa shape index (κ3) is 5.51. The minimum atomic E-state index is -4.52. The maximum Gasteiger partial charge on any atom is 0.416 e. The predicted molar refractivity (Wildman–Crippen MR) is 124 cm³/mol. The summed E-state index contributed by atoms with van der Waals surface area (Å²) in [6.45, 7) is 3.88. The van der Waals surface area contributed by atoms with E-state index < -0.39 is 29.9 Å². The Morgan fingerprint density at radius 3 is 2.72 bits per heavy atom. The Morgan fingerprint density at radius 1 is 1.28 bits per heavy atom. The first-order valence-electron chi connectivity index (χ1n) is 11.6. The molecule has 1 N–H and O–H groups in total. The Balaban J connectivity index is 1.85. The predicted octanol–water partition coefficient (Wildman–Crippen LogP) is 4.48. The second-order valence-corrected chi connectivity index (χ2v) is 9.00. The number of carbonyl (C=O) groups excluding carboxylic acids is 1. The number of methoxy groups -OCH3 is 1. The van der Waals surface area contributed by atoms with Gasteiger partial charge in [0.25, 0.3) is 0 Å². The maximum atomic E-state index is 13.6. The number of aliphatic hydroxyl groups excluding tert-OH is 1. The summed E-state index contributed by atoms with van der Waals surface area (Å²) < 4.78 is 52.8. The van der Waals surface area contributed by atoms with Gasteiger partial charge in [0.1, 0.15) is 6.10 Å². The van der Waals surface area contributed by atoms with E-state index in [1.165, 1.54) is 24.1 Å². The molecular formula is C25H27F3N4O4. The van der Waals surface area contributed by atoms with Crippen molar-refractivity contribution < 1.29 is 32.5 Å². The third-order valence-electron chi connectivity index (χ3n) is 5.99. The highest BCUT2D eigenvalue weighted by atomic mass is 19.4. The van der Waals surface area contributed by atoms with Crippen molar-refractivity contribution in [2.75, 3.05) is 7.11 Å². The third-order valence-corrected chi connectivity index (χ3v) is 5.99. The number of cyclic esters (lactones) is 1. The van der Waals surface area contributed by atoms with E-state index in [9.17, 15) is 23.1 Å². The summed E-state index contributed by atoms with van der Waals surface area (Å²) in [6, 6.07) is 6.75. The molecule has 0 bridgehead atoms. The lowest BCUT2D eigenvalue weighted by molar-refractivity contribution is -0.160. The van der Waals surface area contributed by atoms with Crippen LogP contribution in [0.15, 0.2) is 36.5 Å². The van der Waals surface area contributed by atoms with Gasteiger partial charge in [-0.25, -0.2) is 9.67 Å². The number of nitrogens with zero attached hydrogens (tertiary/aromatic N) is 4. The molecular weight excluding hydrogens is 477 g/mol. The van der Waals surface area contributed by atoms with Crippen molar-refractivity contribution in [1.29, 1.82) is 0 Å². The Hall–Kier alpha value is -3.47. The minimum absolute atomic E-state index is 0.0449. The van der Waals surface area contributed by atoms with Crippen LogP contribution in [0, 0.1) is 0 Å². The maximum absolute atomic E-state index is 13.6. The highest BCUT2D eigenvalue weighted by Gasteiger charge is 2.32. The molecule has 2 atom stereocenters. The van der Waals surface area contributed by atoms with E-state index in [0.29, 0.717) is 42.0 Å². The number of hydrogen-bond acceptors (Lipinski definition) is 7. The van der Waals surface area contributed by atoms with Crippen LogP contribution in [0.5, 0.6) is 6.01 Å². The molecule has 1 saturated heterocycles. The van der Waals surface area contributed by atoms with Gasteiger partial charge in [0.15, 0.2) is 5.82 Å². The van der Waals surface area contributed by atoms with Crippen molar-refractivity contribution in [3.05, 3.63) is 53.3 Å². The van der Waals surface area contributed by atoms with E-state index in [2.05, 4.69) is 9.97 Å². The largest absolute Gasteiger partial charge is 0.467 e. The molecule has 36 heavy (non-hydrogen) atoms. The fraction of sp³-hybridized carbons (Fsp3) is 0.440. The summed E-state index contributed by atoms with van der Waals surface area (Å²) in [5.74, 6) is -0.194. The van der Waals surface area contributed by atoms with Crippen molar-refractivity contribution in [2.45, 2.75) is 63.8 Å². The van der Waals surface area contributed by atoms with Gasteiger partial charge in [-0.2, -0.15) is 23.3 Å². The fourth-order valence-corrected chi connectivity index (χ4v) is 4.37. The first-order valence-corrected chi connectivity index (χ1v) is 11.6. The second kappa shape index (κ2) is 10.3. The molecule has 2 aromatic heterocycles.